The second-order valence-corrected chi connectivity index (χ2v) is 4.95. The molecule has 0 bridgehead atoms. The van der Waals surface area contributed by atoms with Gasteiger partial charge in [0.2, 0.25) is 5.91 Å². The molecule has 0 saturated heterocycles. The van der Waals surface area contributed by atoms with E-state index in [1.54, 1.807) is 11.3 Å². The van der Waals surface area contributed by atoms with E-state index in [1.807, 2.05) is 26.8 Å². The fourth-order valence-electron chi connectivity index (χ4n) is 1.52. The van der Waals surface area contributed by atoms with E-state index >= 15 is 0 Å². The number of thiophene rings is 1. The second-order valence-electron chi connectivity index (χ2n) is 3.49. The van der Waals surface area contributed by atoms with Crippen LogP contribution in [0, 0.1) is 25.2 Å². The number of carbonyl (C=O) groups is 1. The van der Waals surface area contributed by atoms with E-state index in [2.05, 4.69) is 11.4 Å². The van der Waals surface area contributed by atoms with Crippen LogP contribution in [0.15, 0.2) is 6.07 Å². The molecule has 0 aliphatic carbocycles. The molecule has 0 aliphatic rings. The van der Waals surface area contributed by atoms with Crippen molar-refractivity contribution in [1.29, 1.82) is 5.26 Å². The van der Waals surface area contributed by atoms with E-state index < -0.39 is 0 Å². The number of aryl methyl sites for hydroxylation is 2. The molecule has 0 aromatic carbocycles. The van der Waals surface area contributed by atoms with E-state index in [0.717, 1.165) is 5.56 Å². The molecule has 0 fully saturated rings. The van der Waals surface area contributed by atoms with Crippen LogP contribution < -0.4 is 5.32 Å². The number of carbonyl (C=O) groups excluding carboxylic acids is 1. The average Bonchev–Trinajstić information content (AvgIpc) is 2.45. The Morgan fingerprint density at radius 2 is 2.33 bits per heavy atom. The molecule has 15 heavy (non-hydrogen) atoms. The third-order valence-corrected chi connectivity index (χ3v) is 3.14. The van der Waals surface area contributed by atoms with Crippen molar-refractivity contribution < 1.29 is 4.79 Å². The van der Waals surface area contributed by atoms with Crippen molar-refractivity contribution in [2.45, 2.75) is 33.2 Å². The Kier molecular flexibility index (Phi) is 3.87. The minimum atomic E-state index is -0.215. The van der Waals surface area contributed by atoms with Crippen LogP contribution in [-0.4, -0.2) is 5.91 Å². The lowest BCUT2D eigenvalue weighted by Crippen LogP contribution is -2.25. The molecule has 1 amide bonds. The highest BCUT2D eigenvalue weighted by Gasteiger charge is 2.13. The first-order valence-corrected chi connectivity index (χ1v) is 5.59. The molecule has 3 nitrogen and oxygen atoms in total. The quantitative estimate of drug-likeness (QED) is 0.854. The van der Waals surface area contributed by atoms with Crippen LogP contribution in [0.1, 0.15) is 34.7 Å². The minimum Gasteiger partial charge on any atom is -0.349 e. The van der Waals surface area contributed by atoms with Gasteiger partial charge in [-0.1, -0.05) is 0 Å². The predicted octanol–water partition coefficient (Wildman–Crippen LogP) is 2.46. The van der Waals surface area contributed by atoms with Gasteiger partial charge in [-0.3, -0.25) is 4.79 Å². The van der Waals surface area contributed by atoms with Gasteiger partial charge in [0.25, 0.3) is 0 Å². The van der Waals surface area contributed by atoms with Gasteiger partial charge in [-0.05, 0) is 32.4 Å². The summed E-state index contributed by atoms with van der Waals surface area (Å²) in [5.74, 6) is -0.215. The zero-order chi connectivity index (χ0) is 11.4. The van der Waals surface area contributed by atoms with Crippen LogP contribution in [0.2, 0.25) is 0 Å². The Labute approximate surface area is 93.7 Å². The van der Waals surface area contributed by atoms with Gasteiger partial charge < -0.3 is 5.32 Å². The summed E-state index contributed by atoms with van der Waals surface area (Å²) < 4.78 is 0. The summed E-state index contributed by atoms with van der Waals surface area (Å²) in [4.78, 5) is 13.7. The van der Waals surface area contributed by atoms with Crippen molar-refractivity contribution in [3.63, 3.8) is 0 Å². The molecule has 1 unspecified atom stereocenters. The van der Waals surface area contributed by atoms with Gasteiger partial charge in [0.15, 0.2) is 0 Å². The number of nitriles is 1. The zero-order valence-electron chi connectivity index (χ0n) is 9.13. The van der Waals surface area contributed by atoms with Crippen molar-refractivity contribution in [3.05, 3.63) is 21.4 Å². The number of rotatable bonds is 3. The molecule has 80 valence electrons. The molecule has 0 spiro atoms. The van der Waals surface area contributed by atoms with Gasteiger partial charge >= 0.3 is 0 Å². The van der Waals surface area contributed by atoms with Gasteiger partial charge in [-0.15, -0.1) is 11.3 Å². The Hall–Kier alpha value is -1.34. The highest BCUT2D eigenvalue weighted by atomic mass is 32.1. The fourth-order valence-corrected chi connectivity index (χ4v) is 2.54. The molecular weight excluding hydrogens is 208 g/mol. The number of nitrogens with one attached hydrogen (secondary N) is 1. The lowest BCUT2D eigenvalue weighted by atomic mass is 10.1. The van der Waals surface area contributed by atoms with E-state index in [4.69, 9.17) is 5.26 Å². The van der Waals surface area contributed by atoms with Crippen LogP contribution in [0.25, 0.3) is 0 Å². The van der Waals surface area contributed by atoms with E-state index in [9.17, 15) is 4.79 Å². The number of nitrogens with zero attached hydrogens (tertiary/aromatic N) is 1. The Balaban J connectivity index is 2.69. The molecule has 1 N–H and O–H groups in total. The minimum absolute atomic E-state index is 0.0178. The van der Waals surface area contributed by atoms with Gasteiger partial charge in [0.05, 0.1) is 12.1 Å². The van der Waals surface area contributed by atoms with Crippen LogP contribution in [-0.2, 0) is 4.79 Å². The molecule has 1 heterocycles. The summed E-state index contributed by atoms with van der Waals surface area (Å²) in [7, 11) is 0. The molecule has 4 heteroatoms. The van der Waals surface area contributed by atoms with E-state index in [1.165, 1.54) is 9.75 Å². The van der Waals surface area contributed by atoms with Crippen molar-refractivity contribution in [2.24, 2.45) is 0 Å². The van der Waals surface area contributed by atoms with Gasteiger partial charge in [0.1, 0.15) is 6.42 Å². The standard InChI is InChI=1S/C11H14N2OS/c1-7-6-10(9(3)15-7)8(2)13-11(14)4-5-12/h6,8H,4H2,1-3H3,(H,13,14). The van der Waals surface area contributed by atoms with Gasteiger partial charge in [-0.25, -0.2) is 0 Å². The molecule has 0 radical (unpaired) electrons. The molecule has 1 atom stereocenters. The summed E-state index contributed by atoms with van der Waals surface area (Å²) in [6, 6.07) is 3.90. The third kappa shape index (κ3) is 3.07. The van der Waals surface area contributed by atoms with Crippen molar-refractivity contribution in [3.8, 4) is 6.07 Å². The first-order chi connectivity index (χ1) is 7.04. The van der Waals surface area contributed by atoms with Gasteiger partial charge in [-0.2, -0.15) is 5.26 Å². The summed E-state index contributed by atoms with van der Waals surface area (Å²) in [6.07, 6.45) is -0.0769. The number of hydrogen-bond donors (Lipinski definition) is 1. The van der Waals surface area contributed by atoms with Crippen molar-refractivity contribution >= 4 is 17.2 Å². The SMILES string of the molecule is Cc1cc(C(C)NC(=O)CC#N)c(C)s1. The Morgan fingerprint density at radius 1 is 1.67 bits per heavy atom. The lowest BCUT2D eigenvalue weighted by Gasteiger charge is -2.12. The summed E-state index contributed by atoms with van der Waals surface area (Å²) in [5.41, 5.74) is 1.14. The first kappa shape index (κ1) is 11.7. The normalized spacial score (nSPS) is 11.9. The average molecular weight is 222 g/mol. The summed E-state index contributed by atoms with van der Waals surface area (Å²) in [6.45, 7) is 6.02. The van der Waals surface area contributed by atoms with Crippen molar-refractivity contribution in [2.75, 3.05) is 0 Å². The predicted molar refractivity (Wildman–Crippen MR) is 60.6 cm³/mol. The van der Waals surface area contributed by atoms with E-state index in [0.29, 0.717) is 0 Å². The zero-order valence-corrected chi connectivity index (χ0v) is 9.94. The van der Waals surface area contributed by atoms with Crippen LogP contribution >= 0.6 is 11.3 Å². The van der Waals surface area contributed by atoms with Crippen LogP contribution in [0.5, 0.6) is 0 Å². The fraction of sp³-hybridized carbons (Fsp3) is 0.455. The molecule has 0 aliphatic heterocycles. The Morgan fingerprint density at radius 3 is 2.80 bits per heavy atom. The van der Waals surface area contributed by atoms with Crippen molar-refractivity contribution in [1.82, 2.24) is 5.32 Å². The second kappa shape index (κ2) is 4.94. The molecule has 1 aromatic rings. The maximum atomic E-state index is 11.2. The highest BCUT2D eigenvalue weighted by molar-refractivity contribution is 7.12. The maximum absolute atomic E-state index is 11.2. The monoisotopic (exact) mass is 222 g/mol. The smallest absolute Gasteiger partial charge is 0.234 e. The summed E-state index contributed by atoms with van der Waals surface area (Å²) >= 11 is 1.72. The lowest BCUT2D eigenvalue weighted by molar-refractivity contribution is -0.120. The van der Waals surface area contributed by atoms with Gasteiger partial charge in [0, 0.05) is 9.75 Å². The largest absolute Gasteiger partial charge is 0.349 e. The molecular formula is C11H14N2OS. The van der Waals surface area contributed by atoms with E-state index in [-0.39, 0.29) is 18.4 Å². The molecule has 1 rings (SSSR count). The highest BCUT2D eigenvalue weighted by Crippen LogP contribution is 2.25. The number of hydrogen-bond acceptors (Lipinski definition) is 3. The topological polar surface area (TPSA) is 52.9 Å². The van der Waals surface area contributed by atoms with Crippen LogP contribution in [0.3, 0.4) is 0 Å². The van der Waals surface area contributed by atoms with Crippen LogP contribution in [0.4, 0.5) is 0 Å². The molecule has 1 aromatic heterocycles. The Bertz CT molecular complexity index is 403. The third-order valence-electron chi connectivity index (χ3n) is 2.16. The molecule has 0 saturated carbocycles. The number of amides is 1. The maximum Gasteiger partial charge on any atom is 0.234 e. The first-order valence-electron chi connectivity index (χ1n) is 4.78. The summed E-state index contributed by atoms with van der Waals surface area (Å²) in [5, 5.41) is 11.2.